The van der Waals surface area contributed by atoms with E-state index in [1.54, 1.807) is 7.11 Å². The van der Waals surface area contributed by atoms with Gasteiger partial charge in [-0.25, -0.2) is 4.98 Å². The Morgan fingerprint density at radius 3 is 2.89 bits per heavy atom. The highest BCUT2D eigenvalue weighted by Crippen LogP contribution is 2.28. The molecule has 1 saturated heterocycles. The van der Waals surface area contributed by atoms with Gasteiger partial charge in [0.15, 0.2) is 0 Å². The number of piperidine rings is 1. The zero-order valence-corrected chi connectivity index (χ0v) is 12.1. The van der Waals surface area contributed by atoms with Crippen LogP contribution in [0.1, 0.15) is 31.9 Å². The van der Waals surface area contributed by atoms with Crippen LogP contribution in [-0.2, 0) is 0 Å². The lowest BCUT2D eigenvalue weighted by molar-refractivity contribution is 0.330. The molecular formula is C14H24N4O. The summed E-state index contributed by atoms with van der Waals surface area (Å²) >= 11 is 0. The Labute approximate surface area is 115 Å². The molecule has 0 amide bonds. The van der Waals surface area contributed by atoms with Crippen LogP contribution in [0.3, 0.4) is 0 Å². The number of aromatic nitrogens is 2. The number of methoxy groups -OCH3 is 1. The van der Waals surface area contributed by atoms with Crippen molar-refractivity contribution in [3.05, 3.63) is 11.8 Å². The van der Waals surface area contributed by atoms with Crippen molar-refractivity contribution in [2.24, 2.45) is 11.7 Å². The van der Waals surface area contributed by atoms with Gasteiger partial charge in [-0.2, -0.15) is 4.98 Å². The molecule has 1 aromatic heterocycles. The molecule has 2 rings (SSSR count). The van der Waals surface area contributed by atoms with Gasteiger partial charge in [0.05, 0.1) is 7.11 Å². The molecule has 5 nitrogen and oxygen atoms in total. The molecule has 0 bridgehead atoms. The first-order chi connectivity index (χ1) is 9.17. The van der Waals surface area contributed by atoms with Crippen LogP contribution in [0.4, 0.5) is 5.95 Å². The Morgan fingerprint density at radius 2 is 2.26 bits per heavy atom. The van der Waals surface area contributed by atoms with E-state index in [-0.39, 0.29) is 0 Å². The number of ether oxygens (including phenoxy) is 1. The van der Waals surface area contributed by atoms with Gasteiger partial charge in [0.1, 0.15) is 0 Å². The molecule has 5 heteroatoms. The highest BCUT2D eigenvalue weighted by atomic mass is 16.5. The lowest BCUT2D eigenvalue weighted by atomic mass is 9.89. The molecule has 2 unspecified atom stereocenters. The molecule has 1 aliphatic rings. The number of hydrogen-bond donors (Lipinski definition) is 1. The van der Waals surface area contributed by atoms with Crippen LogP contribution < -0.4 is 15.4 Å². The van der Waals surface area contributed by atoms with E-state index in [0.29, 0.717) is 18.5 Å². The van der Waals surface area contributed by atoms with Gasteiger partial charge in [0, 0.05) is 30.9 Å². The SMILES string of the molecule is CCC1CCN(c2nc(C)cc(OC)n2)C(CN)C1. The van der Waals surface area contributed by atoms with Crippen molar-refractivity contribution in [2.45, 2.75) is 39.2 Å². The third-order valence-electron chi connectivity index (χ3n) is 3.96. The van der Waals surface area contributed by atoms with Gasteiger partial charge in [0.2, 0.25) is 11.8 Å². The number of rotatable bonds is 4. The summed E-state index contributed by atoms with van der Waals surface area (Å²) in [5.74, 6) is 2.15. The normalized spacial score (nSPS) is 23.5. The van der Waals surface area contributed by atoms with Crippen LogP contribution in [-0.4, -0.2) is 36.2 Å². The number of anilines is 1. The van der Waals surface area contributed by atoms with Gasteiger partial charge < -0.3 is 15.4 Å². The summed E-state index contributed by atoms with van der Waals surface area (Å²) in [7, 11) is 1.63. The standard InChI is InChI=1S/C14H24N4O/c1-4-11-5-6-18(12(8-11)9-15)14-16-10(2)7-13(17-14)19-3/h7,11-12H,4-6,8-9,15H2,1-3H3. The summed E-state index contributed by atoms with van der Waals surface area (Å²) in [6, 6.07) is 2.19. The first-order valence-electron chi connectivity index (χ1n) is 7.04. The van der Waals surface area contributed by atoms with Gasteiger partial charge in [-0.05, 0) is 25.7 Å². The molecule has 19 heavy (non-hydrogen) atoms. The lowest BCUT2D eigenvalue weighted by Crippen LogP contribution is -2.47. The van der Waals surface area contributed by atoms with E-state index in [0.717, 1.165) is 30.5 Å². The summed E-state index contributed by atoms with van der Waals surface area (Å²) in [6.45, 7) is 5.84. The third kappa shape index (κ3) is 3.15. The number of nitrogens with zero attached hydrogens (tertiary/aromatic N) is 3. The van der Waals surface area contributed by atoms with Crippen molar-refractivity contribution in [3.8, 4) is 5.88 Å². The second-order valence-corrected chi connectivity index (χ2v) is 5.23. The van der Waals surface area contributed by atoms with E-state index in [9.17, 15) is 0 Å². The van der Waals surface area contributed by atoms with Gasteiger partial charge in [-0.1, -0.05) is 13.3 Å². The van der Waals surface area contributed by atoms with E-state index in [2.05, 4.69) is 21.8 Å². The lowest BCUT2D eigenvalue weighted by Gasteiger charge is -2.39. The fraction of sp³-hybridized carbons (Fsp3) is 0.714. The average molecular weight is 264 g/mol. The van der Waals surface area contributed by atoms with Gasteiger partial charge in [0.25, 0.3) is 0 Å². The van der Waals surface area contributed by atoms with E-state index in [1.165, 1.54) is 12.8 Å². The Bertz CT molecular complexity index is 424. The fourth-order valence-corrected chi connectivity index (χ4v) is 2.75. The fourth-order valence-electron chi connectivity index (χ4n) is 2.75. The first kappa shape index (κ1) is 14.1. The molecule has 1 aromatic rings. The maximum absolute atomic E-state index is 5.93. The van der Waals surface area contributed by atoms with Crippen LogP contribution in [0.15, 0.2) is 6.07 Å². The van der Waals surface area contributed by atoms with E-state index in [4.69, 9.17) is 10.5 Å². The summed E-state index contributed by atoms with van der Waals surface area (Å²) in [5.41, 5.74) is 6.85. The molecule has 2 atom stereocenters. The van der Waals surface area contributed by atoms with Crippen LogP contribution in [0, 0.1) is 12.8 Å². The maximum Gasteiger partial charge on any atom is 0.229 e. The highest BCUT2D eigenvalue weighted by Gasteiger charge is 2.28. The third-order valence-corrected chi connectivity index (χ3v) is 3.96. The zero-order chi connectivity index (χ0) is 13.8. The summed E-state index contributed by atoms with van der Waals surface area (Å²) in [4.78, 5) is 11.2. The molecule has 106 valence electrons. The number of aryl methyl sites for hydroxylation is 1. The first-order valence-corrected chi connectivity index (χ1v) is 7.04. The minimum Gasteiger partial charge on any atom is -0.481 e. The van der Waals surface area contributed by atoms with Crippen molar-refractivity contribution >= 4 is 5.95 Å². The molecule has 0 aromatic carbocycles. The second-order valence-electron chi connectivity index (χ2n) is 5.23. The summed E-state index contributed by atoms with van der Waals surface area (Å²) in [5, 5.41) is 0. The molecule has 2 heterocycles. The Balaban J connectivity index is 2.22. The van der Waals surface area contributed by atoms with E-state index < -0.39 is 0 Å². The second kappa shape index (κ2) is 6.19. The van der Waals surface area contributed by atoms with Gasteiger partial charge >= 0.3 is 0 Å². The molecule has 0 spiro atoms. The molecule has 1 fully saturated rings. The van der Waals surface area contributed by atoms with Gasteiger partial charge in [-0.15, -0.1) is 0 Å². The maximum atomic E-state index is 5.93. The van der Waals surface area contributed by atoms with Crippen LogP contribution in [0.2, 0.25) is 0 Å². The Morgan fingerprint density at radius 1 is 1.47 bits per heavy atom. The minimum absolute atomic E-state index is 0.338. The quantitative estimate of drug-likeness (QED) is 0.897. The molecule has 1 aliphatic heterocycles. The predicted molar refractivity (Wildman–Crippen MR) is 76.5 cm³/mol. The smallest absolute Gasteiger partial charge is 0.229 e. The molecular weight excluding hydrogens is 240 g/mol. The van der Waals surface area contributed by atoms with Crippen LogP contribution >= 0.6 is 0 Å². The monoisotopic (exact) mass is 264 g/mol. The molecule has 0 aliphatic carbocycles. The summed E-state index contributed by atoms with van der Waals surface area (Å²) < 4.78 is 5.23. The summed E-state index contributed by atoms with van der Waals surface area (Å²) in [6.07, 6.45) is 3.54. The van der Waals surface area contributed by atoms with Crippen molar-refractivity contribution in [1.82, 2.24) is 9.97 Å². The molecule has 0 saturated carbocycles. The predicted octanol–water partition coefficient (Wildman–Crippen LogP) is 1.75. The van der Waals surface area contributed by atoms with Crippen molar-refractivity contribution in [2.75, 3.05) is 25.1 Å². The number of nitrogens with two attached hydrogens (primary N) is 1. The van der Waals surface area contributed by atoms with Crippen LogP contribution in [0.25, 0.3) is 0 Å². The number of hydrogen-bond acceptors (Lipinski definition) is 5. The van der Waals surface area contributed by atoms with E-state index in [1.807, 2.05) is 13.0 Å². The average Bonchev–Trinajstić information content (AvgIpc) is 2.45. The molecule has 0 radical (unpaired) electrons. The topological polar surface area (TPSA) is 64.3 Å². The van der Waals surface area contributed by atoms with Crippen molar-refractivity contribution in [3.63, 3.8) is 0 Å². The molecule has 2 N–H and O–H groups in total. The van der Waals surface area contributed by atoms with E-state index >= 15 is 0 Å². The highest BCUT2D eigenvalue weighted by molar-refractivity contribution is 5.36. The van der Waals surface area contributed by atoms with Gasteiger partial charge in [-0.3, -0.25) is 0 Å². The Hall–Kier alpha value is -1.36. The minimum atomic E-state index is 0.338. The van der Waals surface area contributed by atoms with Crippen molar-refractivity contribution in [1.29, 1.82) is 0 Å². The van der Waals surface area contributed by atoms with Crippen LogP contribution in [0.5, 0.6) is 5.88 Å². The largest absolute Gasteiger partial charge is 0.481 e. The zero-order valence-electron chi connectivity index (χ0n) is 12.1. The van der Waals surface area contributed by atoms with Crippen molar-refractivity contribution < 1.29 is 4.74 Å². The Kier molecular flexibility index (Phi) is 4.58.